The van der Waals surface area contributed by atoms with Crippen molar-refractivity contribution < 1.29 is 15.3 Å². The van der Waals surface area contributed by atoms with Gasteiger partial charge in [-0.3, -0.25) is 0 Å². The molecule has 0 saturated heterocycles. The second kappa shape index (κ2) is 8.03. The highest BCUT2D eigenvalue weighted by Crippen LogP contribution is 2.26. The summed E-state index contributed by atoms with van der Waals surface area (Å²) in [6.45, 7) is 5.84. The lowest BCUT2D eigenvalue weighted by molar-refractivity contribution is -0.0862. The molecule has 0 fully saturated rings. The molecule has 0 aliphatic heterocycles. The van der Waals surface area contributed by atoms with Gasteiger partial charge in [-0.15, -0.1) is 0 Å². The molecule has 0 heterocycles. The fourth-order valence-corrected chi connectivity index (χ4v) is 2.24. The zero-order chi connectivity index (χ0) is 13.5. The van der Waals surface area contributed by atoms with Crippen molar-refractivity contribution in [1.29, 1.82) is 0 Å². The summed E-state index contributed by atoms with van der Waals surface area (Å²) in [6, 6.07) is 0. The van der Waals surface area contributed by atoms with E-state index < -0.39 is 23.9 Å². The van der Waals surface area contributed by atoms with E-state index in [1.165, 1.54) is 0 Å². The van der Waals surface area contributed by atoms with Gasteiger partial charge in [0, 0.05) is 0 Å². The van der Waals surface area contributed by atoms with Crippen LogP contribution in [0.5, 0.6) is 0 Å². The predicted molar refractivity (Wildman–Crippen MR) is 69.7 cm³/mol. The molecule has 4 nitrogen and oxygen atoms in total. The maximum Gasteiger partial charge on any atom is 0.0942 e. The minimum atomic E-state index is -1.30. The number of aliphatic hydroxyl groups excluding tert-OH is 3. The number of hydrogen-bond donors (Lipinski definition) is 4. The first-order chi connectivity index (χ1) is 7.94. The van der Waals surface area contributed by atoms with Gasteiger partial charge in [-0.2, -0.15) is 0 Å². The summed E-state index contributed by atoms with van der Waals surface area (Å²) in [4.78, 5) is 0. The van der Waals surface area contributed by atoms with Gasteiger partial charge in [-0.05, 0) is 19.3 Å². The summed E-state index contributed by atoms with van der Waals surface area (Å²) in [7, 11) is 0. The van der Waals surface area contributed by atoms with E-state index >= 15 is 0 Å². The largest absolute Gasteiger partial charge is 0.391 e. The average Bonchev–Trinajstić information content (AvgIpc) is 2.28. The molecular formula is C13H29NO3. The van der Waals surface area contributed by atoms with Crippen LogP contribution in [0.4, 0.5) is 0 Å². The third-order valence-corrected chi connectivity index (χ3v) is 3.42. The minimum absolute atomic E-state index is 0.498. The summed E-state index contributed by atoms with van der Waals surface area (Å²) in [5, 5.41) is 30.4. The summed E-state index contributed by atoms with van der Waals surface area (Å²) in [5.74, 6) is 0. The molecule has 0 aromatic rings. The Morgan fingerprint density at radius 1 is 0.765 bits per heavy atom. The maximum atomic E-state index is 10.1. The third kappa shape index (κ3) is 4.21. The summed E-state index contributed by atoms with van der Waals surface area (Å²) < 4.78 is 0. The van der Waals surface area contributed by atoms with Gasteiger partial charge in [0.15, 0.2) is 0 Å². The molecule has 104 valence electrons. The number of hydrogen-bond acceptors (Lipinski definition) is 4. The van der Waals surface area contributed by atoms with Crippen molar-refractivity contribution in [3.63, 3.8) is 0 Å². The quantitative estimate of drug-likeness (QED) is 0.492. The second-order valence-corrected chi connectivity index (χ2v) is 4.91. The van der Waals surface area contributed by atoms with Gasteiger partial charge in [0.2, 0.25) is 0 Å². The molecule has 0 aliphatic carbocycles. The van der Waals surface area contributed by atoms with Crippen molar-refractivity contribution in [1.82, 2.24) is 0 Å². The molecule has 0 bridgehead atoms. The van der Waals surface area contributed by atoms with Crippen LogP contribution in [0.2, 0.25) is 0 Å². The maximum absolute atomic E-state index is 10.1. The molecule has 0 aromatic heterocycles. The summed E-state index contributed by atoms with van der Waals surface area (Å²) in [5.41, 5.74) is 4.83. The van der Waals surface area contributed by atoms with Gasteiger partial charge in [0.05, 0.1) is 23.9 Å². The van der Waals surface area contributed by atoms with E-state index in [1.54, 1.807) is 0 Å². The van der Waals surface area contributed by atoms with Gasteiger partial charge in [-0.25, -0.2) is 0 Å². The van der Waals surface area contributed by atoms with Crippen LogP contribution in [0.1, 0.15) is 59.3 Å². The van der Waals surface area contributed by atoms with Crippen LogP contribution in [0.25, 0.3) is 0 Å². The average molecular weight is 247 g/mol. The SMILES string of the molecule is CCCC(O)C(N)(C(O)CCC)C(O)CCC. The van der Waals surface area contributed by atoms with E-state index in [1.807, 2.05) is 20.8 Å². The number of aliphatic hydroxyl groups is 3. The lowest BCUT2D eigenvalue weighted by Crippen LogP contribution is -2.66. The van der Waals surface area contributed by atoms with Gasteiger partial charge < -0.3 is 21.1 Å². The van der Waals surface area contributed by atoms with Crippen LogP contribution < -0.4 is 5.73 Å². The minimum Gasteiger partial charge on any atom is -0.391 e. The first kappa shape index (κ1) is 16.8. The number of rotatable bonds is 9. The molecular weight excluding hydrogens is 218 g/mol. The van der Waals surface area contributed by atoms with Gasteiger partial charge in [0.1, 0.15) is 0 Å². The Hall–Kier alpha value is -0.160. The molecule has 3 unspecified atom stereocenters. The molecule has 0 aromatic carbocycles. The molecule has 0 radical (unpaired) electrons. The highest BCUT2D eigenvalue weighted by molar-refractivity contribution is 5.02. The predicted octanol–water partition coefficient (Wildman–Crippen LogP) is 1.17. The first-order valence-corrected chi connectivity index (χ1v) is 6.78. The molecule has 5 N–H and O–H groups in total. The van der Waals surface area contributed by atoms with E-state index in [9.17, 15) is 15.3 Å². The summed E-state index contributed by atoms with van der Waals surface area (Å²) in [6.07, 6.45) is 1.23. The van der Waals surface area contributed by atoms with E-state index in [0.717, 1.165) is 19.3 Å². The van der Waals surface area contributed by atoms with Crippen molar-refractivity contribution in [2.75, 3.05) is 0 Å². The van der Waals surface area contributed by atoms with Crippen LogP contribution in [-0.2, 0) is 0 Å². The van der Waals surface area contributed by atoms with Crippen molar-refractivity contribution in [2.24, 2.45) is 5.73 Å². The first-order valence-electron chi connectivity index (χ1n) is 6.78. The van der Waals surface area contributed by atoms with Gasteiger partial charge in [0.25, 0.3) is 0 Å². The highest BCUT2D eigenvalue weighted by atomic mass is 16.3. The Morgan fingerprint density at radius 2 is 1.00 bits per heavy atom. The standard InChI is InChI=1S/C13H29NO3/c1-4-7-10(15)13(14,11(16)8-5-2)12(17)9-6-3/h10-12,15-17H,4-9,14H2,1-3H3. The van der Waals surface area contributed by atoms with E-state index in [2.05, 4.69) is 0 Å². The Labute approximate surface area is 105 Å². The Morgan fingerprint density at radius 3 is 1.18 bits per heavy atom. The normalized spacial score (nSPS) is 20.6. The van der Waals surface area contributed by atoms with Crippen LogP contribution in [0.3, 0.4) is 0 Å². The van der Waals surface area contributed by atoms with Crippen LogP contribution in [0, 0.1) is 0 Å². The number of nitrogens with two attached hydrogens (primary N) is 1. The van der Waals surface area contributed by atoms with E-state index in [4.69, 9.17) is 5.73 Å². The van der Waals surface area contributed by atoms with Crippen molar-refractivity contribution in [3.8, 4) is 0 Å². The molecule has 17 heavy (non-hydrogen) atoms. The van der Waals surface area contributed by atoms with E-state index in [0.29, 0.717) is 19.3 Å². The van der Waals surface area contributed by atoms with Crippen molar-refractivity contribution >= 4 is 0 Å². The molecule has 0 saturated carbocycles. The molecule has 0 aliphatic rings. The second-order valence-electron chi connectivity index (χ2n) is 4.91. The molecule has 0 spiro atoms. The Kier molecular flexibility index (Phi) is 7.96. The Bertz CT molecular complexity index is 168. The Balaban J connectivity index is 4.90. The fourth-order valence-electron chi connectivity index (χ4n) is 2.24. The lowest BCUT2D eigenvalue weighted by Gasteiger charge is -2.42. The lowest BCUT2D eigenvalue weighted by atomic mass is 9.77. The monoisotopic (exact) mass is 247 g/mol. The van der Waals surface area contributed by atoms with Gasteiger partial charge >= 0.3 is 0 Å². The zero-order valence-corrected chi connectivity index (χ0v) is 11.4. The van der Waals surface area contributed by atoms with E-state index in [-0.39, 0.29) is 0 Å². The fraction of sp³-hybridized carbons (Fsp3) is 1.00. The molecule has 4 heteroatoms. The third-order valence-electron chi connectivity index (χ3n) is 3.42. The van der Waals surface area contributed by atoms with Crippen LogP contribution >= 0.6 is 0 Å². The summed E-state index contributed by atoms with van der Waals surface area (Å²) >= 11 is 0. The van der Waals surface area contributed by atoms with Crippen LogP contribution in [-0.4, -0.2) is 39.2 Å². The van der Waals surface area contributed by atoms with Crippen LogP contribution in [0.15, 0.2) is 0 Å². The highest BCUT2D eigenvalue weighted by Gasteiger charge is 2.45. The van der Waals surface area contributed by atoms with Gasteiger partial charge in [-0.1, -0.05) is 40.0 Å². The smallest absolute Gasteiger partial charge is 0.0942 e. The molecule has 0 amide bonds. The molecule has 3 atom stereocenters. The topological polar surface area (TPSA) is 86.7 Å². The molecule has 0 rings (SSSR count). The van der Waals surface area contributed by atoms with Crippen molar-refractivity contribution in [3.05, 3.63) is 0 Å². The zero-order valence-electron chi connectivity index (χ0n) is 11.4. The van der Waals surface area contributed by atoms with Crippen molar-refractivity contribution in [2.45, 2.75) is 83.1 Å².